The predicted molar refractivity (Wildman–Crippen MR) is 112 cm³/mol. The number of anilines is 3. The number of aromatic nitrogens is 3. The molecule has 0 aromatic carbocycles. The first kappa shape index (κ1) is 18.3. The van der Waals surface area contributed by atoms with Gasteiger partial charge < -0.3 is 22.1 Å². The average Bonchev–Trinajstić information content (AvgIpc) is 3.40. The van der Waals surface area contributed by atoms with Gasteiger partial charge in [-0.05, 0) is 49.0 Å². The zero-order chi connectivity index (χ0) is 19.5. The number of piperidine rings is 1. The number of hydrogen-bond donors (Lipinski definition) is 3. The summed E-state index contributed by atoms with van der Waals surface area (Å²) in [5, 5.41) is 1.02. The zero-order valence-corrected chi connectivity index (χ0v) is 17.1. The van der Waals surface area contributed by atoms with Crippen molar-refractivity contribution in [1.82, 2.24) is 15.0 Å². The first-order valence-corrected chi connectivity index (χ1v) is 10.9. The summed E-state index contributed by atoms with van der Waals surface area (Å²) in [6.07, 6.45) is 8.33. The van der Waals surface area contributed by atoms with Gasteiger partial charge in [0.15, 0.2) is 5.82 Å². The molecule has 3 aliphatic rings. The number of rotatable bonds is 3. The number of hydrogen-bond acceptors (Lipinski definition) is 8. The molecule has 3 fully saturated rings. The summed E-state index contributed by atoms with van der Waals surface area (Å²) in [6, 6.07) is 2.17. The van der Waals surface area contributed by atoms with Crippen LogP contribution in [0.1, 0.15) is 25.7 Å². The summed E-state index contributed by atoms with van der Waals surface area (Å²) in [7, 11) is 0. The Morgan fingerprint density at radius 1 is 1.18 bits per heavy atom. The van der Waals surface area contributed by atoms with E-state index in [9.17, 15) is 0 Å². The third kappa shape index (κ3) is 2.98. The van der Waals surface area contributed by atoms with Crippen molar-refractivity contribution in [2.75, 3.05) is 29.5 Å². The highest BCUT2D eigenvalue weighted by molar-refractivity contribution is 7.99. The van der Waals surface area contributed by atoms with Crippen LogP contribution in [0.25, 0.3) is 0 Å². The standard InChI is InChI=1S/C19H24ClN7S/c20-14-12(1-4-24-16(14)22)28-18-17(23)26-13(9-25-18)27-5-2-19(3-6-27)8-10-7-11(10)15(19)21/h1,4,9-11,15H,2-3,5-8,21H2,(H2,22,24)(H2,23,26)/t10?,11-,15?/m1/s1. The lowest BCUT2D eigenvalue weighted by Crippen LogP contribution is -2.48. The van der Waals surface area contributed by atoms with Crippen molar-refractivity contribution in [3.8, 4) is 0 Å². The molecule has 1 saturated heterocycles. The molecule has 7 nitrogen and oxygen atoms in total. The Kier molecular flexibility index (Phi) is 4.33. The molecule has 148 valence electrons. The van der Waals surface area contributed by atoms with Crippen LogP contribution in [0.4, 0.5) is 17.5 Å². The molecule has 2 unspecified atom stereocenters. The molecule has 0 bridgehead atoms. The molecule has 0 radical (unpaired) electrons. The van der Waals surface area contributed by atoms with Gasteiger partial charge in [-0.1, -0.05) is 23.4 Å². The third-order valence-corrected chi connectivity index (χ3v) is 8.31. The Balaban J connectivity index is 1.28. The van der Waals surface area contributed by atoms with Crippen molar-refractivity contribution in [1.29, 1.82) is 0 Å². The van der Waals surface area contributed by atoms with Gasteiger partial charge in [0.05, 0.1) is 11.2 Å². The number of nitrogen functional groups attached to an aromatic ring is 2. The summed E-state index contributed by atoms with van der Waals surface area (Å²) in [6.45, 7) is 1.92. The van der Waals surface area contributed by atoms with Crippen LogP contribution in [0.15, 0.2) is 28.4 Å². The largest absolute Gasteiger partial charge is 0.382 e. The fourth-order valence-electron chi connectivity index (χ4n) is 5.01. The second kappa shape index (κ2) is 6.64. The molecule has 2 aromatic rings. The van der Waals surface area contributed by atoms with E-state index in [-0.39, 0.29) is 0 Å². The highest BCUT2D eigenvalue weighted by Gasteiger charge is 2.59. The molecule has 2 saturated carbocycles. The Hall–Kier alpha value is -1.77. The lowest BCUT2D eigenvalue weighted by molar-refractivity contribution is 0.172. The minimum atomic E-state index is 0.292. The number of nitrogens with two attached hydrogens (primary N) is 3. The molecular weight excluding hydrogens is 394 g/mol. The van der Waals surface area contributed by atoms with Gasteiger partial charge in [-0.3, -0.25) is 0 Å². The van der Waals surface area contributed by atoms with Gasteiger partial charge in [-0.15, -0.1) is 0 Å². The van der Waals surface area contributed by atoms with E-state index in [2.05, 4.69) is 19.9 Å². The molecule has 2 aliphatic carbocycles. The predicted octanol–water partition coefficient (Wildman–Crippen LogP) is 2.79. The van der Waals surface area contributed by atoms with E-state index in [0.717, 1.165) is 48.5 Å². The lowest BCUT2D eigenvalue weighted by atomic mass is 9.72. The summed E-state index contributed by atoms with van der Waals surface area (Å²) >= 11 is 7.56. The van der Waals surface area contributed by atoms with Crippen LogP contribution in [-0.2, 0) is 0 Å². The summed E-state index contributed by atoms with van der Waals surface area (Å²) in [4.78, 5) is 16.1. The van der Waals surface area contributed by atoms with Crippen LogP contribution >= 0.6 is 23.4 Å². The molecule has 5 rings (SSSR count). The lowest BCUT2D eigenvalue weighted by Gasteiger charge is -2.43. The topological polar surface area (TPSA) is 120 Å². The van der Waals surface area contributed by atoms with Crippen LogP contribution in [0, 0.1) is 17.3 Å². The first-order chi connectivity index (χ1) is 13.5. The molecule has 1 spiro atoms. The fraction of sp³-hybridized carbons (Fsp3) is 0.526. The Morgan fingerprint density at radius 3 is 2.64 bits per heavy atom. The molecule has 0 amide bonds. The smallest absolute Gasteiger partial charge is 0.158 e. The third-order valence-electron chi connectivity index (χ3n) is 6.74. The minimum absolute atomic E-state index is 0.292. The zero-order valence-electron chi connectivity index (χ0n) is 15.5. The highest BCUT2D eigenvalue weighted by atomic mass is 35.5. The molecule has 6 N–H and O–H groups in total. The fourth-order valence-corrected chi connectivity index (χ4v) is 6.03. The molecular formula is C19H24ClN7S. The van der Waals surface area contributed by atoms with Crippen LogP contribution in [0.3, 0.4) is 0 Å². The SMILES string of the molecule is Nc1nc(N2CCC3(CC2)CC2C[C@H]2C3N)cnc1Sc1ccnc(N)c1Cl. The van der Waals surface area contributed by atoms with E-state index in [1.54, 1.807) is 18.5 Å². The van der Waals surface area contributed by atoms with Crippen LogP contribution in [0.2, 0.25) is 5.02 Å². The van der Waals surface area contributed by atoms with E-state index >= 15 is 0 Å². The summed E-state index contributed by atoms with van der Waals surface area (Å²) in [5.41, 5.74) is 18.9. The van der Waals surface area contributed by atoms with Gasteiger partial charge in [0.1, 0.15) is 16.7 Å². The molecule has 28 heavy (non-hydrogen) atoms. The van der Waals surface area contributed by atoms with E-state index in [4.69, 9.17) is 28.8 Å². The second-order valence-electron chi connectivity index (χ2n) is 8.27. The number of pyridine rings is 1. The van der Waals surface area contributed by atoms with Gasteiger partial charge in [0.2, 0.25) is 0 Å². The van der Waals surface area contributed by atoms with Crippen molar-refractivity contribution >= 4 is 40.8 Å². The van der Waals surface area contributed by atoms with Crippen molar-refractivity contribution in [3.05, 3.63) is 23.5 Å². The second-order valence-corrected chi connectivity index (χ2v) is 9.68. The molecule has 9 heteroatoms. The number of nitrogens with zero attached hydrogens (tertiary/aromatic N) is 4. The van der Waals surface area contributed by atoms with E-state index < -0.39 is 0 Å². The minimum Gasteiger partial charge on any atom is -0.382 e. The highest BCUT2D eigenvalue weighted by Crippen LogP contribution is 2.62. The van der Waals surface area contributed by atoms with Crippen LogP contribution in [-0.4, -0.2) is 34.1 Å². The quantitative estimate of drug-likeness (QED) is 0.697. The number of fused-ring (bicyclic) bond motifs is 1. The van der Waals surface area contributed by atoms with E-state index in [1.165, 1.54) is 24.6 Å². The monoisotopic (exact) mass is 417 g/mol. The van der Waals surface area contributed by atoms with Gasteiger partial charge in [-0.2, -0.15) is 0 Å². The normalized spacial score (nSPS) is 27.8. The Morgan fingerprint density at radius 2 is 1.96 bits per heavy atom. The van der Waals surface area contributed by atoms with Crippen molar-refractivity contribution in [2.24, 2.45) is 23.0 Å². The van der Waals surface area contributed by atoms with Gasteiger partial charge in [0.25, 0.3) is 0 Å². The van der Waals surface area contributed by atoms with Gasteiger partial charge in [-0.25, -0.2) is 15.0 Å². The van der Waals surface area contributed by atoms with Crippen LogP contribution < -0.4 is 22.1 Å². The Labute approximate surface area is 173 Å². The van der Waals surface area contributed by atoms with Crippen molar-refractivity contribution in [2.45, 2.75) is 41.6 Å². The van der Waals surface area contributed by atoms with Gasteiger partial charge in [0, 0.05) is 30.2 Å². The first-order valence-electron chi connectivity index (χ1n) is 9.68. The summed E-state index contributed by atoms with van der Waals surface area (Å²) in [5.74, 6) is 3.19. The maximum atomic E-state index is 6.56. The van der Waals surface area contributed by atoms with Gasteiger partial charge >= 0.3 is 0 Å². The summed E-state index contributed by atoms with van der Waals surface area (Å²) < 4.78 is 0. The van der Waals surface area contributed by atoms with E-state index in [1.807, 2.05) is 0 Å². The molecule has 1 aliphatic heterocycles. The average molecular weight is 418 g/mol. The van der Waals surface area contributed by atoms with E-state index in [0.29, 0.717) is 33.1 Å². The van der Waals surface area contributed by atoms with Crippen molar-refractivity contribution < 1.29 is 0 Å². The molecule has 3 heterocycles. The Bertz CT molecular complexity index is 915. The van der Waals surface area contributed by atoms with Crippen molar-refractivity contribution in [3.63, 3.8) is 0 Å². The molecule has 3 atom stereocenters. The molecule has 2 aromatic heterocycles. The maximum absolute atomic E-state index is 6.56. The van der Waals surface area contributed by atoms with Crippen LogP contribution in [0.5, 0.6) is 0 Å². The maximum Gasteiger partial charge on any atom is 0.158 e. The number of halogens is 1.